The predicted molar refractivity (Wildman–Crippen MR) is 82.3 cm³/mol. The number of aliphatic hydroxyl groups is 1. The summed E-state index contributed by atoms with van der Waals surface area (Å²) in [6.45, 7) is 4.54. The van der Waals surface area contributed by atoms with Gasteiger partial charge in [0.15, 0.2) is 5.82 Å². The van der Waals surface area contributed by atoms with Crippen LogP contribution >= 0.6 is 0 Å². The third kappa shape index (κ3) is 4.37. The summed E-state index contributed by atoms with van der Waals surface area (Å²) in [5.74, 6) is 1.27. The van der Waals surface area contributed by atoms with Crippen LogP contribution in [0.2, 0.25) is 0 Å². The Balaban J connectivity index is 2.14. The SMILES string of the molecule is CC(C)(O)c1cccc(Nc2cnnc(NCCN)c2)n1. The summed E-state index contributed by atoms with van der Waals surface area (Å²) in [6, 6.07) is 7.26. The van der Waals surface area contributed by atoms with Crippen LogP contribution in [0.1, 0.15) is 19.5 Å². The molecule has 0 aliphatic carbocycles. The van der Waals surface area contributed by atoms with Gasteiger partial charge in [-0.25, -0.2) is 4.98 Å². The Morgan fingerprint density at radius 2 is 2.10 bits per heavy atom. The number of nitrogens with two attached hydrogens (primary N) is 1. The van der Waals surface area contributed by atoms with Crippen LogP contribution in [0, 0.1) is 0 Å². The first-order valence-corrected chi connectivity index (χ1v) is 6.72. The average molecular weight is 288 g/mol. The lowest BCUT2D eigenvalue weighted by atomic mass is 10.1. The van der Waals surface area contributed by atoms with Crippen LogP contribution in [-0.2, 0) is 5.60 Å². The molecule has 0 bridgehead atoms. The molecule has 5 N–H and O–H groups in total. The van der Waals surface area contributed by atoms with Crippen molar-refractivity contribution in [3.63, 3.8) is 0 Å². The summed E-state index contributed by atoms with van der Waals surface area (Å²) in [4.78, 5) is 4.38. The zero-order chi connectivity index (χ0) is 15.3. The fraction of sp³-hybridized carbons (Fsp3) is 0.357. The first-order chi connectivity index (χ1) is 9.99. The van der Waals surface area contributed by atoms with Crippen molar-refractivity contribution in [1.82, 2.24) is 15.2 Å². The van der Waals surface area contributed by atoms with E-state index in [2.05, 4.69) is 25.8 Å². The molecule has 0 saturated carbocycles. The van der Waals surface area contributed by atoms with Gasteiger partial charge in [0.1, 0.15) is 11.4 Å². The van der Waals surface area contributed by atoms with Crippen LogP contribution < -0.4 is 16.4 Å². The van der Waals surface area contributed by atoms with Crippen molar-refractivity contribution < 1.29 is 5.11 Å². The van der Waals surface area contributed by atoms with Crippen LogP contribution in [0.15, 0.2) is 30.5 Å². The van der Waals surface area contributed by atoms with E-state index in [1.807, 2.05) is 18.2 Å². The second-order valence-corrected chi connectivity index (χ2v) is 5.14. The van der Waals surface area contributed by atoms with E-state index in [0.717, 1.165) is 5.69 Å². The standard InChI is InChI=1S/C14H20N6O/c1-14(2,21)11-4-3-5-12(19-11)18-10-8-13(16-7-6-15)20-17-9-10/h3-5,8-9,21H,6-7,15H2,1-2H3,(H2,16,18,19,20). The fourth-order valence-electron chi connectivity index (χ4n) is 1.71. The second-order valence-electron chi connectivity index (χ2n) is 5.14. The maximum absolute atomic E-state index is 9.99. The van der Waals surface area contributed by atoms with Gasteiger partial charge in [0.05, 0.1) is 17.6 Å². The van der Waals surface area contributed by atoms with Gasteiger partial charge in [-0.05, 0) is 26.0 Å². The number of aromatic nitrogens is 3. The Bertz CT molecular complexity index is 596. The van der Waals surface area contributed by atoms with Gasteiger partial charge in [-0.2, -0.15) is 5.10 Å². The number of anilines is 3. The minimum Gasteiger partial charge on any atom is -0.384 e. The van der Waals surface area contributed by atoms with Crippen molar-refractivity contribution >= 4 is 17.3 Å². The van der Waals surface area contributed by atoms with E-state index in [1.54, 1.807) is 26.1 Å². The molecule has 0 unspecified atom stereocenters. The number of hydrogen-bond acceptors (Lipinski definition) is 7. The minimum atomic E-state index is -0.984. The Labute approximate surface area is 123 Å². The van der Waals surface area contributed by atoms with E-state index in [1.165, 1.54) is 0 Å². The molecule has 112 valence electrons. The number of nitrogens with one attached hydrogen (secondary N) is 2. The van der Waals surface area contributed by atoms with Gasteiger partial charge in [-0.3, -0.25) is 0 Å². The maximum atomic E-state index is 9.99. The van der Waals surface area contributed by atoms with E-state index >= 15 is 0 Å². The molecule has 2 aromatic heterocycles. The van der Waals surface area contributed by atoms with Gasteiger partial charge in [-0.15, -0.1) is 5.10 Å². The van der Waals surface area contributed by atoms with Gasteiger partial charge in [0, 0.05) is 19.2 Å². The second kappa shape index (κ2) is 6.47. The van der Waals surface area contributed by atoms with E-state index < -0.39 is 5.60 Å². The fourth-order valence-corrected chi connectivity index (χ4v) is 1.71. The zero-order valence-corrected chi connectivity index (χ0v) is 12.2. The smallest absolute Gasteiger partial charge is 0.150 e. The molecule has 21 heavy (non-hydrogen) atoms. The Kier molecular flexibility index (Phi) is 4.66. The highest BCUT2D eigenvalue weighted by Gasteiger charge is 2.17. The molecular formula is C14H20N6O. The molecule has 2 heterocycles. The molecule has 7 nitrogen and oxygen atoms in total. The minimum absolute atomic E-state index is 0.522. The highest BCUT2D eigenvalue weighted by atomic mass is 16.3. The Morgan fingerprint density at radius 1 is 1.29 bits per heavy atom. The largest absolute Gasteiger partial charge is 0.384 e. The van der Waals surface area contributed by atoms with Crippen molar-refractivity contribution in [1.29, 1.82) is 0 Å². The van der Waals surface area contributed by atoms with Crippen LogP contribution in [0.3, 0.4) is 0 Å². The van der Waals surface area contributed by atoms with E-state index in [0.29, 0.717) is 30.4 Å². The lowest BCUT2D eigenvalue weighted by Crippen LogP contribution is -2.17. The third-order valence-electron chi connectivity index (χ3n) is 2.75. The Hall–Kier alpha value is -2.25. The first kappa shape index (κ1) is 15.1. The summed E-state index contributed by atoms with van der Waals surface area (Å²) >= 11 is 0. The average Bonchev–Trinajstić information content (AvgIpc) is 2.45. The molecule has 0 aliphatic rings. The molecule has 0 spiro atoms. The molecule has 0 fully saturated rings. The van der Waals surface area contributed by atoms with Gasteiger partial charge in [-0.1, -0.05) is 6.07 Å². The topological polar surface area (TPSA) is 109 Å². The number of rotatable bonds is 6. The molecule has 0 radical (unpaired) electrons. The third-order valence-corrected chi connectivity index (χ3v) is 2.75. The van der Waals surface area contributed by atoms with Gasteiger partial charge in [0.25, 0.3) is 0 Å². The van der Waals surface area contributed by atoms with E-state index in [4.69, 9.17) is 5.73 Å². The lowest BCUT2D eigenvalue weighted by molar-refractivity contribution is 0.0740. The Morgan fingerprint density at radius 3 is 2.81 bits per heavy atom. The van der Waals surface area contributed by atoms with Crippen LogP contribution in [0.25, 0.3) is 0 Å². The highest BCUT2D eigenvalue weighted by Crippen LogP contribution is 2.21. The van der Waals surface area contributed by atoms with Crippen molar-refractivity contribution in [2.45, 2.75) is 19.4 Å². The molecule has 0 atom stereocenters. The predicted octanol–water partition coefficient (Wildman–Crippen LogP) is 1.21. The summed E-state index contributed by atoms with van der Waals surface area (Å²) in [5.41, 5.74) is 5.80. The normalized spacial score (nSPS) is 11.2. The highest BCUT2D eigenvalue weighted by molar-refractivity contribution is 5.58. The van der Waals surface area contributed by atoms with E-state index in [9.17, 15) is 5.11 Å². The molecule has 0 aromatic carbocycles. The molecule has 0 aliphatic heterocycles. The maximum Gasteiger partial charge on any atom is 0.150 e. The number of hydrogen-bond donors (Lipinski definition) is 4. The zero-order valence-electron chi connectivity index (χ0n) is 12.2. The first-order valence-electron chi connectivity index (χ1n) is 6.72. The summed E-state index contributed by atoms with van der Waals surface area (Å²) in [7, 11) is 0. The number of nitrogens with zero attached hydrogens (tertiary/aromatic N) is 3. The number of pyridine rings is 1. The lowest BCUT2D eigenvalue weighted by Gasteiger charge is -2.17. The van der Waals surface area contributed by atoms with Crippen LogP contribution in [-0.4, -0.2) is 33.4 Å². The summed E-state index contributed by atoms with van der Waals surface area (Å²) in [6.07, 6.45) is 1.60. The molecule has 7 heteroatoms. The van der Waals surface area contributed by atoms with Crippen LogP contribution in [0.4, 0.5) is 17.3 Å². The van der Waals surface area contributed by atoms with Gasteiger partial charge < -0.3 is 21.5 Å². The van der Waals surface area contributed by atoms with Crippen LogP contribution in [0.5, 0.6) is 0 Å². The molecule has 0 amide bonds. The summed E-state index contributed by atoms with van der Waals surface area (Å²) < 4.78 is 0. The molecule has 0 saturated heterocycles. The van der Waals surface area contributed by atoms with Gasteiger partial charge >= 0.3 is 0 Å². The van der Waals surface area contributed by atoms with Gasteiger partial charge in [0.2, 0.25) is 0 Å². The van der Waals surface area contributed by atoms with Crippen molar-refractivity contribution in [3.05, 3.63) is 36.2 Å². The van der Waals surface area contributed by atoms with Crippen molar-refractivity contribution in [2.75, 3.05) is 23.7 Å². The summed E-state index contributed by atoms with van der Waals surface area (Å²) in [5, 5.41) is 24.1. The molecule has 2 rings (SSSR count). The molecule has 2 aromatic rings. The molecular weight excluding hydrogens is 268 g/mol. The quantitative estimate of drug-likeness (QED) is 0.632. The van der Waals surface area contributed by atoms with Crippen molar-refractivity contribution in [3.8, 4) is 0 Å². The van der Waals surface area contributed by atoms with Crippen molar-refractivity contribution in [2.24, 2.45) is 5.73 Å². The van der Waals surface area contributed by atoms with E-state index in [-0.39, 0.29) is 0 Å². The monoisotopic (exact) mass is 288 g/mol.